The molecule has 2 aliphatic rings. The van der Waals surface area contributed by atoms with Gasteiger partial charge in [-0.3, -0.25) is 9.89 Å². The number of H-pyrrole nitrogens is 1. The van der Waals surface area contributed by atoms with Gasteiger partial charge in [-0.05, 0) is 25.0 Å². The molecule has 1 aromatic heterocycles. The zero-order valence-corrected chi connectivity index (χ0v) is 17.3. The van der Waals surface area contributed by atoms with Crippen LogP contribution in [0, 0.1) is 0 Å². The molecule has 3 heterocycles. The number of aromatic nitrogens is 2. The van der Waals surface area contributed by atoms with Crippen molar-refractivity contribution in [1.29, 1.82) is 0 Å². The number of benzene rings is 1. The summed E-state index contributed by atoms with van der Waals surface area (Å²) in [7, 11) is 0. The number of hydrogen-bond acceptors (Lipinski definition) is 4. The minimum Gasteiger partial charge on any atom is -0.375 e. The van der Waals surface area contributed by atoms with Crippen LogP contribution in [-0.2, 0) is 9.53 Å². The molecule has 2 aliphatic heterocycles. The molecule has 0 radical (unpaired) electrons. The van der Waals surface area contributed by atoms with E-state index in [0.29, 0.717) is 24.0 Å². The van der Waals surface area contributed by atoms with Gasteiger partial charge in [0.1, 0.15) is 0 Å². The number of nitrogens with zero attached hydrogens (tertiary/aromatic N) is 2. The maximum absolute atomic E-state index is 12.5. The summed E-state index contributed by atoms with van der Waals surface area (Å²) in [5, 5.41) is 11.6. The number of morpholine rings is 1. The Bertz CT molecular complexity index is 784. The molecule has 4 rings (SSSR count). The van der Waals surface area contributed by atoms with E-state index in [4.69, 9.17) is 16.3 Å². The third kappa shape index (κ3) is 4.87. The van der Waals surface area contributed by atoms with Crippen molar-refractivity contribution in [1.82, 2.24) is 20.4 Å². The Kier molecular flexibility index (Phi) is 7.35. The molecule has 1 atom stereocenters. The fourth-order valence-electron chi connectivity index (χ4n) is 3.87. The lowest BCUT2D eigenvalue weighted by molar-refractivity contribution is -0.135. The van der Waals surface area contributed by atoms with Crippen molar-refractivity contribution in [2.75, 3.05) is 32.8 Å². The van der Waals surface area contributed by atoms with E-state index in [1.807, 2.05) is 29.2 Å². The van der Waals surface area contributed by atoms with Crippen molar-refractivity contribution in [3.05, 3.63) is 41.0 Å². The molecule has 2 saturated heterocycles. The highest BCUT2D eigenvalue weighted by atomic mass is 35.5. The number of aromatic amines is 1. The van der Waals surface area contributed by atoms with Crippen molar-refractivity contribution in [3.63, 3.8) is 0 Å². The van der Waals surface area contributed by atoms with Gasteiger partial charge in [0.2, 0.25) is 5.91 Å². The summed E-state index contributed by atoms with van der Waals surface area (Å²) in [6.07, 6.45) is 2.37. The molecule has 0 saturated carbocycles. The van der Waals surface area contributed by atoms with Crippen molar-refractivity contribution in [2.45, 2.75) is 31.3 Å². The van der Waals surface area contributed by atoms with Crippen LogP contribution in [0.4, 0.5) is 0 Å². The monoisotopic (exact) mass is 424 g/mol. The second kappa shape index (κ2) is 9.74. The standard InChI is InChI=1S/C20H25ClN4O2.ClH/c21-17-4-2-1-3-16(17)19-12-18(23-24-19)14-5-8-25(9-6-14)20(26)11-15-13-22-7-10-27-15;/h1-4,12,14-15,22H,5-11,13H2,(H,23,24);1H. The second-order valence-electron chi connectivity index (χ2n) is 7.24. The lowest BCUT2D eigenvalue weighted by atomic mass is 9.93. The molecular formula is C20H26Cl2N4O2. The minimum absolute atomic E-state index is 0. The summed E-state index contributed by atoms with van der Waals surface area (Å²) in [5.41, 5.74) is 2.93. The first-order valence-corrected chi connectivity index (χ1v) is 9.99. The quantitative estimate of drug-likeness (QED) is 0.789. The first-order valence-electron chi connectivity index (χ1n) is 9.61. The molecular weight excluding hydrogens is 399 g/mol. The van der Waals surface area contributed by atoms with Crippen molar-refractivity contribution in [2.24, 2.45) is 0 Å². The largest absolute Gasteiger partial charge is 0.375 e. The molecule has 2 fully saturated rings. The van der Waals surface area contributed by atoms with E-state index < -0.39 is 0 Å². The maximum atomic E-state index is 12.5. The minimum atomic E-state index is 0. The fraction of sp³-hybridized carbons (Fsp3) is 0.500. The highest BCUT2D eigenvalue weighted by molar-refractivity contribution is 6.33. The first-order chi connectivity index (χ1) is 13.2. The SMILES string of the molecule is Cl.O=C(CC1CNCCO1)N1CCC(c2cc(-c3ccccc3Cl)n[nH]2)CC1. The third-order valence-electron chi connectivity index (χ3n) is 5.44. The number of nitrogens with one attached hydrogen (secondary N) is 2. The van der Waals surface area contributed by atoms with Gasteiger partial charge in [-0.1, -0.05) is 29.8 Å². The van der Waals surface area contributed by atoms with Crippen molar-refractivity contribution in [3.8, 4) is 11.3 Å². The number of hydrogen-bond donors (Lipinski definition) is 2. The van der Waals surface area contributed by atoms with Crippen LogP contribution in [0.5, 0.6) is 0 Å². The number of halogens is 2. The summed E-state index contributed by atoms with van der Waals surface area (Å²) in [6, 6.07) is 9.82. The average molecular weight is 425 g/mol. The predicted molar refractivity (Wildman–Crippen MR) is 112 cm³/mol. The Hall–Kier alpha value is -1.60. The first kappa shape index (κ1) is 21.1. The van der Waals surface area contributed by atoms with E-state index in [1.165, 1.54) is 0 Å². The molecule has 2 aromatic rings. The zero-order valence-electron chi connectivity index (χ0n) is 15.7. The molecule has 28 heavy (non-hydrogen) atoms. The van der Waals surface area contributed by atoms with E-state index >= 15 is 0 Å². The van der Waals surface area contributed by atoms with Gasteiger partial charge in [0, 0.05) is 43.4 Å². The Labute approximate surface area is 176 Å². The van der Waals surface area contributed by atoms with Gasteiger partial charge in [-0.2, -0.15) is 5.10 Å². The summed E-state index contributed by atoms with van der Waals surface area (Å²) in [4.78, 5) is 14.5. The summed E-state index contributed by atoms with van der Waals surface area (Å²) in [6.45, 7) is 3.89. The summed E-state index contributed by atoms with van der Waals surface area (Å²) < 4.78 is 5.65. The van der Waals surface area contributed by atoms with Gasteiger partial charge in [0.05, 0.1) is 29.8 Å². The molecule has 8 heteroatoms. The zero-order chi connectivity index (χ0) is 18.6. The van der Waals surface area contributed by atoms with Crippen LogP contribution in [0.1, 0.15) is 30.9 Å². The Morgan fingerprint density at radius 3 is 2.79 bits per heavy atom. The van der Waals surface area contributed by atoms with Crippen LogP contribution in [0.3, 0.4) is 0 Å². The fourth-order valence-corrected chi connectivity index (χ4v) is 4.10. The van der Waals surface area contributed by atoms with E-state index in [0.717, 1.165) is 56.0 Å². The highest BCUT2D eigenvalue weighted by Crippen LogP contribution is 2.31. The van der Waals surface area contributed by atoms with Gasteiger partial charge >= 0.3 is 0 Å². The van der Waals surface area contributed by atoms with Gasteiger partial charge in [0.25, 0.3) is 0 Å². The Morgan fingerprint density at radius 1 is 1.29 bits per heavy atom. The lowest BCUT2D eigenvalue weighted by Gasteiger charge is -2.33. The van der Waals surface area contributed by atoms with Crippen molar-refractivity contribution >= 4 is 29.9 Å². The number of amides is 1. The van der Waals surface area contributed by atoms with E-state index in [2.05, 4.69) is 21.6 Å². The third-order valence-corrected chi connectivity index (χ3v) is 5.77. The van der Waals surface area contributed by atoms with E-state index in [1.54, 1.807) is 0 Å². The normalized spacial score (nSPS) is 20.6. The molecule has 152 valence electrons. The van der Waals surface area contributed by atoms with Crippen LogP contribution >= 0.6 is 24.0 Å². The van der Waals surface area contributed by atoms with Crippen LogP contribution in [0.25, 0.3) is 11.3 Å². The van der Waals surface area contributed by atoms with E-state index in [-0.39, 0.29) is 24.4 Å². The molecule has 1 unspecified atom stereocenters. The van der Waals surface area contributed by atoms with Crippen LogP contribution in [0.2, 0.25) is 5.02 Å². The molecule has 0 aliphatic carbocycles. The smallest absolute Gasteiger partial charge is 0.225 e. The van der Waals surface area contributed by atoms with Crippen LogP contribution < -0.4 is 5.32 Å². The van der Waals surface area contributed by atoms with Gasteiger partial charge in [-0.25, -0.2) is 0 Å². The molecule has 2 N–H and O–H groups in total. The van der Waals surface area contributed by atoms with E-state index in [9.17, 15) is 4.79 Å². The molecule has 6 nitrogen and oxygen atoms in total. The summed E-state index contributed by atoms with van der Waals surface area (Å²) in [5.74, 6) is 0.592. The Morgan fingerprint density at radius 2 is 2.07 bits per heavy atom. The molecule has 1 amide bonds. The topological polar surface area (TPSA) is 70.2 Å². The number of ether oxygens (including phenoxy) is 1. The second-order valence-corrected chi connectivity index (χ2v) is 7.65. The number of carbonyl (C=O) groups is 1. The molecule has 0 bridgehead atoms. The lowest BCUT2D eigenvalue weighted by Crippen LogP contribution is -2.44. The van der Waals surface area contributed by atoms with Crippen molar-refractivity contribution < 1.29 is 9.53 Å². The number of rotatable bonds is 4. The average Bonchev–Trinajstić information content (AvgIpc) is 3.19. The number of likely N-dealkylation sites (tertiary alicyclic amines) is 1. The van der Waals surface area contributed by atoms with Gasteiger partial charge in [0.15, 0.2) is 0 Å². The van der Waals surface area contributed by atoms with Gasteiger partial charge < -0.3 is 15.0 Å². The van der Waals surface area contributed by atoms with Crippen LogP contribution in [-0.4, -0.2) is 59.9 Å². The maximum Gasteiger partial charge on any atom is 0.225 e. The number of carbonyl (C=O) groups excluding carboxylic acids is 1. The molecule has 1 aromatic carbocycles. The summed E-state index contributed by atoms with van der Waals surface area (Å²) >= 11 is 6.28. The highest BCUT2D eigenvalue weighted by Gasteiger charge is 2.27. The Balaban J connectivity index is 0.00000225. The number of piperidine rings is 1. The van der Waals surface area contributed by atoms with Gasteiger partial charge in [-0.15, -0.1) is 12.4 Å². The van der Waals surface area contributed by atoms with Crippen LogP contribution in [0.15, 0.2) is 30.3 Å². The molecule has 0 spiro atoms. The predicted octanol–water partition coefficient (Wildman–Crippen LogP) is 3.24.